The summed E-state index contributed by atoms with van der Waals surface area (Å²) >= 11 is 5.62. The molecule has 0 aromatic heterocycles. The van der Waals surface area contributed by atoms with Crippen molar-refractivity contribution < 1.29 is 19.6 Å². The fraction of sp³-hybridized carbons (Fsp3) is 0.125. The van der Waals surface area contributed by atoms with E-state index in [9.17, 15) is 14.9 Å². The van der Waals surface area contributed by atoms with Crippen LogP contribution in [0.2, 0.25) is 5.02 Å². The van der Waals surface area contributed by atoms with Gasteiger partial charge in [0.25, 0.3) is 5.69 Å². The summed E-state index contributed by atoms with van der Waals surface area (Å²) in [4.78, 5) is 20.4. The van der Waals surface area contributed by atoms with Crippen molar-refractivity contribution in [3.05, 3.63) is 32.8 Å². The first-order valence-electron chi connectivity index (χ1n) is 3.72. The predicted octanol–water partition coefficient (Wildman–Crippen LogP) is 1.95. The number of carboxylic acid groups (broad SMARTS) is 1. The van der Waals surface area contributed by atoms with Crippen molar-refractivity contribution in [1.82, 2.24) is 0 Å². The second-order valence-corrected chi connectivity index (χ2v) is 2.95. The van der Waals surface area contributed by atoms with Gasteiger partial charge in [0.05, 0.1) is 17.6 Å². The lowest BCUT2D eigenvalue weighted by atomic mass is 10.2. The zero-order valence-electron chi connectivity index (χ0n) is 7.56. The maximum Gasteiger partial charge on any atom is 0.336 e. The Morgan fingerprint density at radius 2 is 2.20 bits per heavy atom. The van der Waals surface area contributed by atoms with Crippen molar-refractivity contribution in [2.45, 2.75) is 0 Å². The Morgan fingerprint density at radius 1 is 1.60 bits per heavy atom. The topological polar surface area (TPSA) is 89.7 Å². The SMILES string of the molecule is COc1cc(C(=O)O)cc([N+](=O)[O-])c1Cl. The number of ether oxygens (including phenoxy) is 1. The average Bonchev–Trinajstić information content (AvgIpc) is 2.17. The van der Waals surface area contributed by atoms with E-state index in [1.807, 2.05) is 0 Å². The van der Waals surface area contributed by atoms with Gasteiger partial charge in [0.1, 0.15) is 5.75 Å². The number of nitrogens with zero attached hydrogens (tertiary/aromatic N) is 1. The molecule has 0 atom stereocenters. The number of nitro groups is 1. The lowest BCUT2D eigenvalue weighted by Crippen LogP contribution is -2.00. The molecule has 0 saturated heterocycles. The van der Waals surface area contributed by atoms with Crippen molar-refractivity contribution in [3.63, 3.8) is 0 Å². The zero-order valence-corrected chi connectivity index (χ0v) is 8.32. The summed E-state index contributed by atoms with van der Waals surface area (Å²) in [6.07, 6.45) is 0. The first kappa shape index (κ1) is 11.3. The second-order valence-electron chi connectivity index (χ2n) is 2.57. The highest BCUT2D eigenvalue weighted by atomic mass is 35.5. The summed E-state index contributed by atoms with van der Waals surface area (Å²) in [6, 6.07) is 2.00. The first-order valence-corrected chi connectivity index (χ1v) is 4.10. The van der Waals surface area contributed by atoms with Crippen LogP contribution in [0.3, 0.4) is 0 Å². The van der Waals surface area contributed by atoms with Gasteiger partial charge in [-0.2, -0.15) is 0 Å². The number of hydrogen-bond acceptors (Lipinski definition) is 4. The molecule has 0 bridgehead atoms. The number of carbonyl (C=O) groups is 1. The quantitative estimate of drug-likeness (QED) is 0.634. The number of aromatic carboxylic acids is 1. The van der Waals surface area contributed by atoms with Crippen LogP contribution in [0.5, 0.6) is 5.75 Å². The van der Waals surface area contributed by atoms with E-state index in [0.29, 0.717) is 0 Å². The van der Waals surface area contributed by atoms with Crippen molar-refractivity contribution in [3.8, 4) is 5.75 Å². The molecule has 0 spiro atoms. The Hall–Kier alpha value is -1.82. The van der Waals surface area contributed by atoms with Gasteiger partial charge in [0, 0.05) is 6.07 Å². The summed E-state index contributed by atoms with van der Waals surface area (Å²) in [6.45, 7) is 0. The molecule has 1 rings (SSSR count). The van der Waals surface area contributed by atoms with Gasteiger partial charge in [-0.1, -0.05) is 11.6 Å². The van der Waals surface area contributed by atoms with Crippen LogP contribution in [0, 0.1) is 10.1 Å². The lowest BCUT2D eigenvalue weighted by Gasteiger charge is -2.04. The summed E-state index contributed by atoms with van der Waals surface area (Å²) in [5.74, 6) is -1.32. The largest absolute Gasteiger partial charge is 0.495 e. The number of rotatable bonds is 3. The lowest BCUT2D eigenvalue weighted by molar-refractivity contribution is -0.384. The third-order valence-electron chi connectivity index (χ3n) is 1.68. The van der Waals surface area contributed by atoms with E-state index in [-0.39, 0.29) is 16.3 Å². The highest BCUT2D eigenvalue weighted by Gasteiger charge is 2.20. The molecular formula is C8H6ClNO5. The molecule has 1 aromatic rings. The smallest absolute Gasteiger partial charge is 0.336 e. The highest BCUT2D eigenvalue weighted by molar-refractivity contribution is 6.34. The normalized spacial score (nSPS) is 9.73. The summed E-state index contributed by atoms with van der Waals surface area (Å²) in [5.41, 5.74) is -0.739. The summed E-state index contributed by atoms with van der Waals surface area (Å²) < 4.78 is 4.73. The van der Waals surface area contributed by atoms with Crippen molar-refractivity contribution in [2.75, 3.05) is 7.11 Å². The van der Waals surface area contributed by atoms with E-state index in [4.69, 9.17) is 21.4 Å². The Kier molecular flexibility index (Phi) is 3.11. The second kappa shape index (κ2) is 4.14. The van der Waals surface area contributed by atoms with Crippen LogP contribution in [0.4, 0.5) is 5.69 Å². The molecule has 80 valence electrons. The fourth-order valence-electron chi connectivity index (χ4n) is 0.988. The molecule has 0 aliphatic rings. The Bertz CT molecular complexity index is 431. The third kappa shape index (κ3) is 2.16. The molecule has 0 aliphatic heterocycles. The van der Waals surface area contributed by atoms with Crippen LogP contribution < -0.4 is 4.74 Å². The average molecular weight is 232 g/mol. The van der Waals surface area contributed by atoms with Crippen molar-refractivity contribution in [1.29, 1.82) is 0 Å². The molecule has 0 radical (unpaired) electrons. The van der Waals surface area contributed by atoms with Gasteiger partial charge in [-0.05, 0) is 6.07 Å². The molecule has 0 amide bonds. The van der Waals surface area contributed by atoms with Gasteiger partial charge in [-0.15, -0.1) is 0 Å². The number of methoxy groups -OCH3 is 1. The van der Waals surface area contributed by atoms with E-state index in [2.05, 4.69) is 0 Å². The number of hydrogen-bond donors (Lipinski definition) is 1. The van der Waals surface area contributed by atoms with Gasteiger partial charge in [0.15, 0.2) is 5.02 Å². The van der Waals surface area contributed by atoms with Crippen LogP contribution in [-0.4, -0.2) is 23.1 Å². The van der Waals surface area contributed by atoms with Gasteiger partial charge in [-0.3, -0.25) is 10.1 Å². The van der Waals surface area contributed by atoms with Crippen LogP contribution in [0.15, 0.2) is 12.1 Å². The molecule has 7 heteroatoms. The fourth-order valence-corrected chi connectivity index (χ4v) is 1.24. The maximum atomic E-state index is 10.6. The number of benzene rings is 1. The number of carboxylic acids is 1. The molecule has 0 fully saturated rings. The summed E-state index contributed by atoms with van der Waals surface area (Å²) in [7, 11) is 1.25. The van der Waals surface area contributed by atoms with Gasteiger partial charge in [0.2, 0.25) is 0 Å². The number of halogens is 1. The zero-order chi connectivity index (χ0) is 11.6. The molecule has 0 saturated carbocycles. The molecule has 0 aliphatic carbocycles. The van der Waals surface area contributed by atoms with Crippen molar-refractivity contribution in [2.24, 2.45) is 0 Å². The van der Waals surface area contributed by atoms with E-state index in [1.54, 1.807) is 0 Å². The Labute approximate surface area is 89.2 Å². The van der Waals surface area contributed by atoms with Gasteiger partial charge < -0.3 is 9.84 Å². The number of nitro benzene ring substituents is 1. The molecule has 0 unspecified atom stereocenters. The maximum absolute atomic E-state index is 10.6. The standard InChI is InChI=1S/C8H6ClNO5/c1-15-6-3-4(8(11)12)2-5(7(6)9)10(13)14/h2-3H,1H3,(H,11,12). The molecule has 0 heterocycles. The summed E-state index contributed by atoms with van der Waals surface area (Å²) in [5, 5.41) is 19.0. The molecule has 1 N–H and O–H groups in total. The molecule has 1 aromatic carbocycles. The minimum absolute atomic E-state index is 0.0386. The molecular weight excluding hydrogens is 226 g/mol. The minimum atomic E-state index is -1.28. The van der Waals surface area contributed by atoms with E-state index in [0.717, 1.165) is 12.1 Å². The molecule has 15 heavy (non-hydrogen) atoms. The van der Waals surface area contributed by atoms with Crippen LogP contribution in [0.25, 0.3) is 0 Å². The van der Waals surface area contributed by atoms with Crippen molar-refractivity contribution >= 4 is 23.3 Å². The van der Waals surface area contributed by atoms with Crippen LogP contribution in [0.1, 0.15) is 10.4 Å². The Morgan fingerprint density at radius 3 is 2.60 bits per heavy atom. The Balaban J connectivity index is 3.45. The van der Waals surface area contributed by atoms with Gasteiger partial charge >= 0.3 is 5.97 Å². The van der Waals surface area contributed by atoms with Gasteiger partial charge in [-0.25, -0.2) is 4.79 Å². The van der Waals surface area contributed by atoms with Crippen LogP contribution >= 0.6 is 11.6 Å². The van der Waals surface area contributed by atoms with E-state index < -0.39 is 16.6 Å². The highest BCUT2D eigenvalue weighted by Crippen LogP contribution is 2.34. The third-order valence-corrected chi connectivity index (χ3v) is 2.06. The minimum Gasteiger partial charge on any atom is -0.495 e. The van der Waals surface area contributed by atoms with Crippen LogP contribution in [-0.2, 0) is 0 Å². The van der Waals surface area contributed by atoms with E-state index in [1.165, 1.54) is 7.11 Å². The monoisotopic (exact) mass is 231 g/mol. The molecule has 6 nitrogen and oxygen atoms in total. The van der Waals surface area contributed by atoms with E-state index >= 15 is 0 Å². The predicted molar refractivity (Wildman–Crippen MR) is 51.6 cm³/mol. The first-order chi connectivity index (χ1) is 6.97.